The third kappa shape index (κ3) is 4.57. The topological polar surface area (TPSA) is 93.0 Å². The molecule has 0 aliphatic rings. The first-order valence-electron chi connectivity index (χ1n) is 9.93. The lowest BCUT2D eigenvalue weighted by atomic mass is 9.98. The number of primary amides is 1. The van der Waals surface area contributed by atoms with E-state index in [2.05, 4.69) is 15.5 Å². The predicted molar refractivity (Wildman–Crippen MR) is 120 cm³/mol. The van der Waals surface area contributed by atoms with Crippen molar-refractivity contribution < 1.29 is 13.9 Å². The van der Waals surface area contributed by atoms with E-state index < -0.39 is 5.91 Å². The molecule has 6 nitrogen and oxygen atoms in total. The summed E-state index contributed by atoms with van der Waals surface area (Å²) in [5.74, 6) is -0.787. The van der Waals surface area contributed by atoms with Crippen LogP contribution in [0.3, 0.4) is 0 Å². The molecular weight excluding hydrogens is 395 g/mol. The minimum atomic E-state index is -0.530. The summed E-state index contributed by atoms with van der Waals surface area (Å²) in [6, 6.07) is 17.9. The van der Waals surface area contributed by atoms with Crippen molar-refractivity contribution in [1.29, 1.82) is 0 Å². The highest BCUT2D eigenvalue weighted by molar-refractivity contribution is 6.04. The molecule has 7 heteroatoms. The Morgan fingerprint density at radius 2 is 1.97 bits per heavy atom. The number of halogens is 1. The van der Waals surface area contributed by atoms with Crippen LogP contribution in [0.25, 0.3) is 22.2 Å². The average molecular weight is 418 g/mol. The number of amides is 1. The van der Waals surface area contributed by atoms with Crippen molar-refractivity contribution in [2.75, 3.05) is 25.6 Å². The fourth-order valence-corrected chi connectivity index (χ4v) is 3.62. The molecule has 0 bridgehead atoms. The maximum atomic E-state index is 13.5. The van der Waals surface area contributed by atoms with Gasteiger partial charge in [0.15, 0.2) is 0 Å². The number of H-pyrrole nitrogens is 1. The van der Waals surface area contributed by atoms with Gasteiger partial charge in [0.2, 0.25) is 5.91 Å². The van der Waals surface area contributed by atoms with Gasteiger partial charge in [-0.15, -0.1) is 0 Å². The third-order valence-corrected chi connectivity index (χ3v) is 5.10. The third-order valence-electron chi connectivity index (χ3n) is 5.10. The van der Waals surface area contributed by atoms with E-state index in [0.29, 0.717) is 36.4 Å². The van der Waals surface area contributed by atoms with E-state index in [1.807, 2.05) is 36.4 Å². The Labute approximate surface area is 179 Å². The van der Waals surface area contributed by atoms with Crippen LogP contribution >= 0.6 is 0 Å². The normalized spacial score (nSPS) is 11.0. The van der Waals surface area contributed by atoms with Crippen LogP contribution < -0.4 is 11.1 Å². The van der Waals surface area contributed by atoms with Crippen molar-refractivity contribution in [3.05, 3.63) is 83.2 Å². The van der Waals surface area contributed by atoms with Crippen LogP contribution in [0.15, 0.2) is 60.7 Å². The molecular formula is C24H23FN4O2. The van der Waals surface area contributed by atoms with Crippen LogP contribution in [-0.2, 0) is 11.2 Å². The first-order valence-corrected chi connectivity index (χ1v) is 9.93. The van der Waals surface area contributed by atoms with Gasteiger partial charge < -0.3 is 15.8 Å². The fraction of sp³-hybridized carbons (Fsp3) is 0.167. The molecule has 1 amide bonds. The van der Waals surface area contributed by atoms with Gasteiger partial charge in [-0.05, 0) is 60.0 Å². The standard InChI is InChI=1S/C24H23FN4O2/c1-31-10-9-27-18-6-7-19(20(14-18)24(26)30)23-21-13-16(5-8-22(21)28-29-23)11-15-3-2-4-17(25)12-15/h2-8,12-14,27H,9-11H2,1H3,(H2,26,30)(H,28,29). The second kappa shape index (κ2) is 8.97. The maximum absolute atomic E-state index is 13.5. The Kier molecular flexibility index (Phi) is 5.95. The summed E-state index contributed by atoms with van der Waals surface area (Å²) in [6.07, 6.45) is 0.587. The van der Waals surface area contributed by atoms with E-state index >= 15 is 0 Å². The van der Waals surface area contributed by atoms with Crippen molar-refractivity contribution in [2.24, 2.45) is 5.73 Å². The molecule has 0 saturated carbocycles. The molecule has 1 aromatic heterocycles. The molecule has 0 saturated heterocycles. The van der Waals surface area contributed by atoms with Crippen molar-refractivity contribution in [2.45, 2.75) is 6.42 Å². The van der Waals surface area contributed by atoms with Gasteiger partial charge in [0, 0.05) is 30.3 Å². The van der Waals surface area contributed by atoms with E-state index in [-0.39, 0.29) is 5.82 Å². The number of aromatic amines is 1. The Morgan fingerprint density at radius 3 is 2.74 bits per heavy atom. The number of hydrogen-bond donors (Lipinski definition) is 3. The van der Waals surface area contributed by atoms with Gasteiger partial charge in [0.25, 0.3) is 0 Å². The average Bonchev–Trinajstić information content (AvgIpc) is 3.17. The smallest absolute Gasteiger partial charge is 0.249 e. The number of ether oxygens (including phenoxy) is 1. The predicted octanol–water partition coefficient (Wildman–Crippen LogP) is 4.12. The number of nitrogens with two attached hydrogens (primary N) is 1. The first-order chi connectivity index (χ1) is 15.0. The molecule has 4 aromatic rings. The highest BCUT2D eigenvalue weighted by Gasteiger charge is 2.16. The number of methoxy groups -OCH3 is 1. The van der Waals surface area contributed by atoms with Crippen LogP contribution in [-0.4, -0.2) is 36.4 Å². The zero-order valence-electron chi connectivity index (χ0n) is 17.1. The Morgan fingerprint density at radius 1 is 1.13 bits per heavy atom. The van der Waals surface area contributed by atoms with Crippen molar-refractivity contribution >= 4 is 22.5 Å². The quantitative estimate of drug-likeness (QED) is 0.375. The molecule has 1 heterocycles. The van der Waals surface area contributed by atoms with Crippen LogP contribution in [0.1, 0.15) is 21.5 Å². The lowest BCUT2D eigenvalue weighted by Gasteiger charge is -2.10. The zero-order chi connectivity index (χ0) is 21.8. The van der Waals surface area contributed by atoms with Crippen LogP contribution in [0.4, 0.5) is 10.1 Å². The summed E-state index contributed by atoms with van der Waals surface area (Å²) in [5.41, 5.74) is 10.9. The van der Waals surface area contributed by atoms with E-state index in [1.54, 1.807) is 19.2 Å². The number of fused-ring (bicyclic) bond motifs is 1. The van der Waals surface area contributed by atoms with E-state index in [4.69, 9.17) is 10.5 Å². The summed E-state index contributed by atoms with van der Waals surface area (Å²) < 4.78 is 18.6. The SMILES string of the molecule is COCCNc1ccc(-c2n[nH]c3ccc(Cc4cccc(F)c4)cc23)c(C(N)=O)c1. The number of rotatable bonds is 8. The minimum Gasteiger partial charge on any atom is -0.383 e. The summed E-state index contributed by atoms with van der Waals surface area (Å²) in [4.78, 5) is 12.2. The molecule has 158 valence electrons. The number of carbonyl (C=O) groups excluding carboxylic acids is 1. The van der Waals surface area contributed by atoms with Gasteiger partial charge in [-0.1, -0.05) is 18.2 Å². The first kappa shape index (κ1) is 20.6. The summed E-state index contributed by atoms with van der Waals surface area (Å²) in [7, 11) is 1.63. The van der Waals surface area contributed by atoms with Crippen molar-refractivity contribution in [3.8, 4) is 11.3 Å². The highest BCUT2D eigenvalue weighted by Crippen LogP contribution is 2.31. The number of anilines is 1. The minimum absolute atomic E-state index is 0.257. The van der Waals surface area contributed by atoms with Gasteiger partial charge in [0.05, 0.1) is 17.7 Å². The molecule has 0 atom stereocenters. The number of nitrogens with zero attached hydrogens (tertiary/aromatic N) is 1. The molecule has 0 fully saturated rings. The molecule has 0 unspecified atom stereocenters. The largest absolute Gasteiger partial charge is 0.383 e. The van der Waals surface area contributed by atoms with Crippen LogP contribution in [0.5, 0.6) is 0 Å². The number of aromatic nitrogens is 2. The highest BCUT2D eigenvalue weighted by atomic mass is 19.1. The lowest BCUT2D eigenvalue weighted by Crippen LogP contribution is -2.14. The molecule has 4 N–H and O–H groups in total. The van der Waals surface area contributed by atoms with Gasteiger partial charge in [-0.2, -0.15) is 5.10 Å². The summed E-state index contributed by atoms with van der Waals surface area (Å²) in [6.45, 7) is 1.16. The Balaban J connectivity index is 1.71. The van der Waals surface area contributed by atoms with E-state index in [9.17, 15) is 9.18 Å². The Hall–Kier alpha value is -3.71. The molecule has 0 aliphatic carbocycles. The molecule has 0 aliphatic heterocycles. The van der Waals surface area contributed by atoms with E-state index in [0.717, 1.165) is 27.7 Å². The summed E-state index contributed by atoms with van der Waals surface area (Å²) >= 11 is 0. The van der Waals surface area contributed by atoms with Crippen molar-refractivity contribution in [1.82, 2.24) is 10.2 Å². The fourth-order valence-electron chi connectivity index (χ4n) is 3.62. The van der Waals surface area contributed by atoms with E-state index in [1.165, 1.54) is 12.1 Å². The Bertz CT molecular complexity index is 1240. The second-order valence-electron chi connectivity index (χ2n) is 7.30. The maximum Gasteiger partial charge on any atom is 0.249 e. The molecule has 0 spiro atoms. The van der Waals surface area contributed by atoms with Gasteiger partial charge in [-0.3, -0.25) is 9.89 Å². The summed E-state index contributed by atoms with van der Waals surface area (Å²) in [5, 5.41) is 11.5. The number of hydrogen-bond acceptors (Lipinski definition) is 4. The number of benzene rings is 3. The van der Waals surface area contributed by atoms with Gasteiger partial charge in [-0.25, -0.2) is 4.39 Å². The van der Waals surface area contributed by atoms with Gasteiger partial charge >= 0.3 is 0 Å². The molecule has 0 radical (unpaired) electrons. The van der Waals surface area contributed by atoms with Crippen LogP contribution in [0.2, 0.25) is 0 Å². The molecule has 3 aromatic carbocycles. The van der Waals surface area contributed by atoms with Gasteiger partial charge in [0.1, 0.15) is 11.5 Å². The lowest BCUT2D eigenvalue weighted by molar-refractivity contribution is 0.100. The number of carbonyl (C=O) groups is 1. The monoisotopic (exact) mass is 418 g/mol. The van der Waals surface area contributed by atoms with Crippen LogP contribution in [0, 0.1) is 5.82 Å². The molecule has 4 rings (SSSR count). The molecule has 31 heavy (non-hydrogen) atoms. The van der Waals surface area contributed by atoms with Crippen molar-refractivity contribution in [3.63, 3.8) is 0 Å². The zero-order valence-corrected chi connectivity index (χ0v) is 17.1. The second-order valence-corrected chi connectivity index (χ2v) is 7.30. The number of nitrogens with one attached hydrogen (secondary N) is 2.